The maximum absolute atomic E-state index is 6.59. The number of benzene rings is 2. The van der Waals surface area contributed by atoms with Crippen LogP contribution in [0, 0.1) is 5.92 Å². The highest BCUT2D eigenvalue weighted by Crippen LogP contribution is 2.38. The highest BCUT2D eigenvalue weighted by atomic mass is 35.5. The molecule has 0 bridgehead atoms. The van der Waals surface area contributed by atoms with Crippen molar-refractivity contribution in [3.8, 4) is 5.75 Å². The average molecular weight is 345 g/mol. The van der Waals surface area contributed by atoms with Crippen LogP contribution in [0.1, 0.15) is 31.2 Å². The Morgan fingerprint density at radius 3 is 2.71 bits per heavy atom. The number of likely N-dealkylation sites (tertiary alicyclic amines) is 1. The summed E-state index contributed by atoms with van der Waals surface area (Å²) < 4.78 is 6.07. The van der Waals surface area contributed by atoms with E-state index in [0.717, 1.165) is 48.8 Å². The van der Waals surface area contributed by atoms with Gasteiger partial charge in [0.25, 0.3) is 0 Å². The first-order valence-corrected chi connectivity index (χ1v) is 9.39. The molecule has 0 unspecified atom stereocenters. The Labute approximate surface area is 148 Å². The molecule has 2 N–H and O–H groups in total. The fraction of sp³-hybridized carbons (Fsp3) is 0.500. The van der Waals surface area contributed by atoms with E-state index < -0.39 is 0 Å². The number of nitrogens with two attached hydrogens (primary N) is 1. The summed E-state index contributed by atoms with van der Waals surface area (Å²) in [6.07, 6.45) is 4.87. The molecular formula is C20H25ClN2O. The minimum atomic E-state index is 0.293. The first kappa shape index (κ1) is 16.2. The normalized spacial score (nSPS) is 22.0. The molecule has 0 radical (unpaired) electrons. The maximum atomic E-state index is 6.59. The van der Waals surface area contributed by atoms with Crippen molar-refractivity contribution in [2.75, 3.05) is 19.7 Å². The lowest BCUT2D eigenvalue weighted by Gasteiger charge is -2.31. The molecule has 0 spiro atoms. The first-order chi connectivity index (χ1) is 11.7. The van der Waals surface area contributed by atoms with Crippen LogP contribution in [0.15, 0.2) is 30.3 Å². The Balaban J connectivity index is 1.64. The Kier molecular flexibility index (Phi) is 4.66. The lowest BCUT2D eigenvalue weighted by atomic mass is 10.0. The van der Waals surface area contributed by atoms with E-state index in [-0.39, 0.29) is 0 Å². The standard InChI is InChI=1S/C20H25ClN2O/c21-19-10-15(11-23-9-3-4-16(22)12-23)17-5-1-2-6-18(17)20(19)24-13-14-7-8-14/h1-2,5-6,10,14,16H,3-4,7-9,11-13,22H2/t16-/m0/s1. The van der Waals surface area contributed by atoms with E-state index in [1.807, 2.05) is 0 Å². The lowest BCUT2D eigenvalue weighted by Crippen LogP contribution is -2.42. The zero-order valence-electron chi connectivity index (χ0n) is 14.0. The van der Waals surface area contributed by atoms with Crippen LogP contribution in [-0.2, 0) is 6.54 Å². The zero-order valence-corrected chi connectivity index (χ0v) is 14.8. The summed E-state index contributed by atoms with van der Waals surface area (Å²) in [6, 6.07) is 10.8. The Bertz CT molecular complexity index is 729. The predicted molar refractivity (Wildman–Crippen MR) is 99.7 cm³/mol. The second-order valence-electron chi connectivity index (χ2n) is 7.28. The summed E-state index contributed by atoms with van der Waals surface area (Å²) in [5.74, 6) is 1.56. The molecule has 1 saturated carbocycles. The number of halogens is 1. The Morgan fingerprint density at radius 1 is 1.17 bits per heavy atom. The number of nitrogens with zero attached hydrogens (tertiary/aromatic N) is 1. The number of rotatable bonds is 5. The summed E-state index contributed by atoms with van der Waals surface area (Å²) in [4.78, 5) is 2.44. The largest absolute Gasteiger partial charge is 0.491 e. The van der Waals surface area contributed by atoms with Crippen LogP contribution in [0.2, 0.25) is 5.02 Å². The molecule has 24 heavy (non-hydrogen) atoms. The summed E-state index contributed by atoms with van der Waals surface area (Å²) in [6.45, 7) is 3.76. The SMILES string of the molecule is N[C@H]1CCCN(Cc2cc(Cl)c(OCC3CC3)c3ccccc23)C1. The van der Waals surface area contributed by atoms with Crippen molar-refractivity contribution in [1.29, 1.82) is 0 Å². The fourth-order valence-electron chi connectivity index (χ4n) is 3.63. The molecule has 1 aliphatic carbocycles. The van der Waals surface area contributed by atoms with E-state index in [9.17, 15) is 0 Å². The number of piperidine rings is 1. The summed E-state index contributed by atoms with van der Waals surface area (Å²) in [7, 11) is 0. The average Bonchev–Trinajstić information content (AvgIpc) is 3.39. The highest BCUT2D eigenvalue weighted by Gasteiger charge is 2.24. The molecule has 2 aromatic rings. The molecule has 2 aliphatic rings. The van der Waals surface area contributed by atoms with Crippen LogP contribution in [0.3, 0.4) is 0 Å². The van der Waals surface area contributed by atoms with Crippen molar-refractivity contribution in [3.05, 3.63) is 40.9 Å². The van der Waals surface area contributed by atoms with E-state index in [0.29, 0.717) is 12.0 Å². The van der Waals surface area contributed by atoms with E-state index >= 15 is 0 Å². The second-order valence-corrected chi connectivity index (χ2v) is 7.69. The van der Waals surface area contributed by atoms with Crippen LogP contribution in [-0.4, -0.2) is 30.6 Å². The van der Waals surface area contributed by atoms with Crippen molar-refractivity contribution in [2.45, 2.75) is 38.3 Å². The highest BCUT2D eigenvalue weighted by molar-refractivity contribution is 6.33. The molecule has 1 aliphatic heterocycles. The first-order valence-electron chi connectivity index (χ1n) is 9.01. The van der Waals surface area contributed by atoms with Crippen LogP contribution in [0.25, 0.3) is 10.8 Å². The Morgan fingerprint density at radius 2 is 1.96 bits per heavy atom. The molecule has 2 aromatic carbocycles. The molecule has 2 fully saturated rings. The van der Waals surface area contributed by atoms with E-state index in [1.165, 1.54) is 30.2 Å². The van der Waals surface area contributed by atoms with E-state index in [1.54, 1.807) is 0 Å². The minimum Gasteiger partial charge on any atom is -0.491 e. The number of hydrogen-bond donors (Lipinski definition) is 1. The third-order valence-corrected chi connectivity index (χ3v) is 5.41. The van der Waals surface area contributed by atoms with E-state index in [4.69, 9.17) is 22.1 Å². The molecule has 1 saturated heterocycles. The van der Waals surface area contributed by atoms with Gasteiger partial charge in [0.2, 0.25) is 0 Å². The van der Waals surface area contributed by atoms with Crippen molar-refractivity contribution >= 4 is 22.4 Å². The molecular weight excluding hydrogens is 320 g/mol. The van der Waals surface area contributed by atoms with Crippen molar-refractivity contribution in [3.63, 3.8) is 0 Å². The van der Waals surface area contributed by atoms with Gasteiger partial charge in [0.1, 0.15) is 5.75 Å². The van der Waals surface area contributed by atoms with Gasteiger partial charge in [-0.15, -0.1) is 0 Å². The fourth-order valence-corrected chi connectivity index (χ4v) is 3.91. The maximum Gasteiger partial charge on any atom is 0.145 e. The quantitative estimate of drug-likeness (QED) is 0.883. The third-order valence-electron chi connectivity index (χ3n) is 5.13. The number of fused-ring (bicyclic) bond motifs is 1. The summed E-state index contributed by atoms with van der Waals surface area (Å²) >= 11 is 6.59. The van der Waals surface area contributed by atoms with Gasteiger partial charge in [0.05, 0.1) is 11.6 Å². The van der Waals surface area contributed by atoms with Crippen molar-refractivity contribution in [1.82, 2.24) is 4.90 Å². The molecule has 4 heteroatoms. The van der Waals surface area contributed by atoms with Crippen LogP contribution in [0.4, 0.5) is 0 Å². The third kappa shape index (κ3) is 3.53. The van der Waals surface area contributed by atoms with Gasteiger partial charge in [0.15, 0.2) is 0 Å². The van der Waals surface area contributed by atoms with Gasteiger partial charge in [-0.25, -0.2) is 0 Å². The zero-order chi connectivity index (χ0) is 16.5. The predicted octanol–water partition coefficient (Wildman–Crippen LogP) is 4.21. The lowest BCUT2D eigenvalue weighted by molar-refractivity contribution is 0.202. The van der Waals surface area contributed by atoms with Gasteiger partial charge < -0.3 is 10.5 Å². The van der Waals surface area contributed by atoms with Crippen molar-refractivity contribution in [2.24, 2.45) is 11.7 Å². The van der Waals surface area contributed by atoms with Gasteiger partial charge in [-0.3, -0.25) is 4.90 Å². The molecule has 3 nitrogen and oxygen atoms in total. The van der Waals surface area contributed by atoms with Gasteiger partial charge in [0, 0.05) is 24.5 Å². The number of ether oxygens (including phenoxy) is 1. The van der Waals surface area contributed by atoms with Crippen LogP contribution in [0.5, 0.6) is 5.75 Å². The van der Waals surface area contributed by atoms with Crippen LogP contribution >= 0.6 is 11.6 Å². The van der Waals surface area contributed by atoms with Crippen LogP contribution < -0.4 is 10.5 Å². The summed E-state index contributed by atoms with van der Waals surface area (Å²) in [5, 5.41) is 3.10. The van der Waals surface area contributed by atoms with E-state index in [2.05, 4.69) is 35.2 Å². The van der Waals surface area contributed by atoms with Crippen molar-refractivity contribution < 1.29 is 4.74 Å². The minimum absolute atomic E-state index is 0.293. The second kappa shape index (κ2) is 6.91. The molecule has 1 atom stereocenters. The molecule has 128 valence electrons. The molecule has 0 amide bonds. The molecule has 4 rings (SSSR count). The number of hydrogen-bond acceptors (Lipinski definition) is 3. The Hall–Kier alpha value is -1.29. The molecule has 1 heterocycles. The summed E-state index contributed by atoms with van der Waals surface area (Å²) in [5.41, 5.74) is 7.40. The van der Waals surface area contributed by atoms with Gasteiger partial charge >= 0.3 is 0 Å². The topological polar surface area (TPSA) is 38.5 Å². The van der Waals surface area contributed by atoms with Gasteiger partial charge in [-0.1, -0.05) is 35.9 Å². The smallest absolute Gasteiger partial charge is 0.145 e. The monoisotopic (exact) mass is 344 g/mol. The van der Waals surface area contributed by atoms with Gasteiger partial charge in [-0.2, -0.15) is 0 Å². The molecule has 0 aromatic heterocycles. The van der Waals surface area contributed by atoms with Gasteiger partial charge in [-0.05, 0) is 55.2 Å².